The number of aryl methyl sites for hydroxylation is 1. The van der Waals surface area contributed by atoms with E-state index in [1.165, 1.54) is 5.56 Å². The molecular formula is C10H15N3O. The molecule has 0 spiro atoms. The van der Waals surface area contributed by atoms with Crippen LogP contribution in [0.3, 0.4) is 0 Å². The topological polar surface area (TPSA) is 47.0 Å². The van der Waals surface area contributed by atoms with Gasteiger partial charge in [0, 0.05) is 19.3 Å². The summed E-state index contributed by atoms with van der Waals surface area (Å²) in [5, 5.41) is 3.30. The van der Waals surface area contributed by atoms with E-state index in [4.69, 9.17) is 4.74 Å². The summed E-state index contributed by atoms with van der Waals surface area (Å²) in [6.07, 6.45) is 4.52. The van der Waals surface area contributed by atoms with Gasteiger partial charge in [-0.2, -0.15) is 0 Å². The lowest BCUT2D eigenvalue weighted by atomic mass is 10.1. The maximum atomic E-state index is 5.65. The SMILES string of the molecule is CCc1cncnc1C1CNCCO1. The van der Waals surface area contributed by atoms with E-state index < -0.39 is 0 Å². The first-order valence-corrected chi connectivity index (χ1v) is 5.03. The number of ether oxygens (including phenoxy) is 1. The van der Waals surface area contributed by atoms with Gasteiger partial charge in [-0.15, -0.1) is 0 Å². The van der Waals surface area contributed by atoms with Crippen LogP contribution in [0.5, 0.6) is 0 Å². The van der Waals surface area contributed by atoms with Crippen molar-refractivity contribution in [2.75, 3.05) is 19.7 Å². The van der Waals surface area contributed by atoms with Gasteiger partial charge in [-0.3, -0.25) is 0 Å². The van der Waals surface area contributed by atoms with Gasteiger partial charge in [0.15, 0.2) is 0 Å². The fourth-order valence-electron chi connectivity index (χ4n) is 1.67. The Morgan fingerprint density at radius 1 is 1.64 bits per heavy atom. The van der Waals surface area contributed by atoms with Crippen molar-refractivity contribution in [1.82, 2.24) is 15.3 Å². The summed E-state index contributed by atoms with van der Waals surface area (Å²) in [5.41, 5.74) is 2.22. The van der Waals surface area contributed by atoms with Crippen LogP contribution in [-0.4, -0.2) is 29.7 Å². The standard InChI is InChI=1S/C10H15N3O/c1-2-8-5-12-7-13-10(8)9-6-11-3-4-14-9/h5,7,9,11H,2-4,6H2,1H3. The molecule has 0 saturated carbocycles. The largest absolute Gasteiger partial charge is 0.369 e. The molecule has 1 aliphatic rings. The zero-order valence-electron chi connectivity index (χ0n) is 8.36. The summed E-state index contributed by atoms with van der Waals surface area (Å²) in [5.74, 6) is 0. The highest BCUT2D eigenvalue weighted by Crippen LogP contribution is 2.19. The van der Waals surface area contributed by atoms with Crippen molar-refractivity contribution in [3.8, 4) is 0 Å². The highest BCUT2D eigenvalue weighted by molar-refractivity contribution is 5.19. The zero-order valence-corrected chi connectivity index (χ0v) is 8.36. The molecule has 76 valence electrons. The van der Waals surface area contributed by atoms with Gasteiger partial charge in [-0.05, 0) is 12.0 Å². The van der Waals surface area contributed by atoms with E-state index in [1.807, 2.05) is 6.20 Å². The molecule has 2 rings (SSSR count). The monoisotopic (exact) mass is 193 g/mol. The van der Waals surface area contributed by atoms with E-state index >= 15 is 0 Å². The third kappa shape index (κ3) is 1.91. The summed E-state index contributed by atoms with van der Waals surface area (Å²) in [4.78, 5) is 8.32. The zero-order chi connectivity index (χ0) is 9.80. The predicted octanol–water partition coefficient (Wildman–Crippen LogP) is 0.700. The second-order valence-electron chi connectivity index (χ2n) is 3.35. The summed E-state index contributed by atoms with van der Waals surface area (Å²) in [6.45, 7) is 4.66. The third-order valence-electron chi connectivity index (χ3n) is 2.44. The molecule has 14 heavy (non-hydrogen) atoms. The summed E-state index contributed by atoms with van der Waals surface area (Å²) < 4.78 is 5.65. The minimum Gasteiger partial charge on any atom is -0.369 e. The Balaban J connectivity index is 2.20. The first kappa shape index (κ1) is 9.55. The molecule has 0 aromatic carbocycles. The van der Waals surface area contributed by atoms with E-state index in [1.54, 1.807) is 6.33 Å². The van der Waals surface area contributed by atoms with Gasteiger partial charge < -0.3 is 10.1 Å². The number of nitrogens with zero attached hydrogens (tertiary/aromatic N) is 2. The summed E-state index contributed by atoms with van der Waals surface area (Å²) in [7, 11) is 0. The lowest BCUT2D eigenvalue weighted by molar-refractivity contribution is 0.0244. The molecule has 1 fully saturated rings. The van der Waals surface area contributed by atoms with Crippen LogP contribution in [0.25, 0.3) is 0 Å². The van der Waals surface area contributed by atoms with Crippen LogP contribution in [-0.2, 0) is 11.2 Å². The minimum absolute atomic E-state index is 0.0988. The molecule has 0 radical (unpaired) electrons. The Hall–Kier alpha value is -1.00. The highest BCUT2D eigenvalue weighted by Gasteiger charge is 2.19. The van der Waals surface area contributed by atoms with Crippen molar-refractivity contribution in [3.63, 3.8) is 0 Å². The van der Waals surface area contributed by atoms with Crippen molar-refractivity contribution in [3.05, 3.63) is 23.8 Å². The fourth-order valence-corrected chi connectivity index (χ4v) is 1.67. The number of hydrogen-bond acceptors (Lipinski definition) is 4. The Labute approximate surface area is 83.7 Å². The molecule has 4 nitrogen and oxygen atoms in total. The molecule has 1 atom stereocenters. The molecule has 1 aromatic rings. The molecule has 0 amide bonds. The van der Waals surface area contributed by atoms with Crippen LogP contribution in [0.2, 0.25) is 0 Å². The molecule has 1 aromatic heterocycles. The van der Waals surface area contributed by atoms with Gasteiger partial charge in [0.1, 0.15) is 12.4 Å². The normalized spacial score (nSPS) is 22.2. The van der Waals surface area contributed by atoms with Crippen molar-refractivity contribution in [1.29, 1.82) is 0 Å². The number of morpholine rings is 1. The van der Waals surface area contributed by atoms with E-state index in [9.17, 15) is 0 Å². The number of aromatic nitrogens is 2. The average Bonchev–Trinajstić information content (AvgIpc) is 2.30. The van der Waals surface area contributed by atoms with Crippen LogP contribution in [0.1, 0.15) is 24.3 Å². The lowest BCUT2D eigenvalue weighted by Crippen LogP contribution is -2.34. The van der Waals surface area contributed by atoms with Crippen LogP contribution in [0, 0.1) is 0 Å². The third-order valence-corrected chi connectivity index (χ3v) is 2.44. The predicted molar refractivity (Wildman–Crippen MR) is 53.0 cm³/mol. The molecule has 1 saturated heterocycles. The minimum atomic E-state index is 0.0988. The van der Waals surface area contributed by atoms with Gasteiger partial charge in [-0.25, -0.2) is 9.97 Å². The Kier molecular flexibility index (Phi) is 3.06. The van der Waals surface area contributed by atoms with E-state index in [0.29, 0.717) is 0 Å². The molecule has 0 aliphatic carbocycles. The molecule has 4 heteroatoms. The Morgan fingerprint density at radius 2 is 2.57 bits per heavy atom. The molecule has 1 N–H and O–H groups in total. The Bertz CT molecular complexity index is 297. The van der Waals surface area contributed by atoms with Gasteiger partial charge in [0.05, 0.1) is 12.3 Å². The van der Waals surface area contributed by atoms with Crippen LogP contribution in [0.15, 0.2) is 12.5 Å². The molecule has 1 aliphatic heterocycles. The quantitative estimate of drug-likeness (QED) is 0.751. The van der Waals surface area contributed by atoms with Crippen molar-refractivity contribution in [2.45, 2.75) is 19.4 Å². The maximum Gasteiger partial charge on any atom is 0.115 e. The summed E-state index contributed by atoms with van der Waals surface area (Å²) >= 11 is 0. The van der Waals surface area contributed by atoms with Crippen LogP contribution >= 0.6 is 0 Å². The second-order valence-corrected chi connectivity index (χ2v) is 3.35. The lowest BCUT2D eigenvalue weighted by Gasteiger charge is -2.24. The molecular weight excluding hydrogens is 178 g/mol. The average molecular weight is 193 g/mol. The fraction of sp³-hybridized carbons (Fsp3) is 0.600. The molecule has 1 unspecified atom stereocenters. The summed E-state index contributed by atoms with van der Waals surface area (Å²) in [6, 6.07) is 0. The first-order chi connectivity index (χ1) is 6.92. The van der Waals surface area contributed by atoms with E-state index in [-0.39, 0.29) is 6.10 Å². The highest BCUT2D eigenvalue weighted by atomic mass is 16.5. The molecule has 0 bridgehead atoms. The van der Waals surface area contributed by atoms with Crippen LogP contribution in [0.4, 0.5) is 0 Å². The Morgan fingerprint density at radius 3 is 3.29 bits per heavy atom. The first-order valence-electron chi connectivity index (χ1n) is 5.03. The van der Waals surface area contributed by atoms with Crippen molar-refractivity contribution >= 4 is 0 Å². The molecule has 2 heterocycles. The van der Waals surface area contributed by atoms with Gasteiger partial charge in [0.25, 0.3) is 0 Å². The van der Waals surface area contributed by atoms with Gasteiger partial charge >= 0.3 is 0 Å². The van der Waals surface area contributed by atoms with Crippen molar-refractivity contribution in [2.24, 2.45) is 0 Å². The van der Waals surface area contributed by atoms with E-state index in [0.717, 1.165) is 31.8 Å². The second kappa shape index (κ2) is 4.48. The number of nitrogens with one attached hydrogen (secondary N) is 1. The van der Waals surface area contributed by atoms with Gasteiger partial charge in [-0.1, -0.05) is 6.92 Å². The maximum absolute atomic E-state index is 5.65. The number of hydrogen-bond donors (Lipinski definition) is 1. The van der Waals surface area contributed by atoms with Crippen molar-refractivity contribution < 1.29 is 4.74 Å². The van der Waals surface area contributed by atoms with Crippen LogP contribution < -0.4 is 5.32 Å². The van der Waals surface area contributed by atoms with E-state index in [2.05, 4.69) is 22.2 Å². The van der Waals surface area contributed by atoms with Gasteiger partial charge in [0.2, 0.25) is 0 Å². The smallest absolute Gasteiger partial charge is 0.115 e. The number of rotatable bonds is 2.